The number of nitrogens with zero attached hydrogens (tertiary/aromatic N) is 1. The van der Waals surface area contributed by atoms with Gasteiger partial charge in [0.25, 0.3) is 0 Å². The van der Waals surface area contributed by atoms with Gasteiger partial charge < -0.3 is 15.3 Å². The standard InChI is InChI=1S/C22H26N2O2/c25-20(12-16-4-2-1-3-5-16)15-24-13-18(14-24)10-17-6-8-21-19(11-17)7-9-22(26)23-21/h1-6,8,11,18,20,25H,7,9-10,12-15H2,(H,23,26). The molecule has 1 unspecified atom stereocenters. The lowest BCUT2D eigenvalue weighted by atomic mass is 9.89. The second-order valence-electron chi connectivity index (χ2n) is 7.67. The summed E-state index contributed by atoms with van der Waals surface area (Å²) in [6.07, 6.45) is 2.93. The van der Waals surface area contributed by atoms with Crippen molar-refractivity contribution < 1.29 is 9.90 Å². The summed E-state index contributed by atoms with van der Waals surface area (Å²) >= 11 is 0. The highest BCUT2D eigenvalue weighted by molar-refractivity contribution is 5.93. The summed E-state index contributed by atoms with van der Waals surface area (Å²) in [7, 11) is 0. The maximum Gasteiger partial charge on any atom is 0.224 e. The number of nitrogens with one attached hydrogen (secondary N) is 1. The Morgan fingerprint density at radius 1 is 1.08 bits per heavy atom. The average Bonchev–Trinajstić information content (AvgIpc) is 2.61. The molecule has 4 nitrogen and oxygen atoms in total. The van der Waals surface area contributed by atoms with Crippen LogP contribution in [-0.4, -0.2) is 41.7 Å². The molecule has 2 aliphatic rings. The zero-order valence-corrected chi connectivity index (χ0v) is 15.0. The molecular formula is C22H26N2O2. The lowest BCUT2D eigenvalue weighted by Crippen LogP contribution is -2.50. The zero-order chi connectivity index (χ0) is 17.9. The summed E-state index contributed by atoms with van der Waals surface area (Å²) in [5, 5.41) is 13.2. The van der Waals surface area contributed by atoms with Crippen LogP contribution in [-0.2, 0) is 24.1 Å². The fraction of sp³-hybridized carbons (Fsp3) is 0.409. The van der Waals surface area contributed by atoms with E-state index in [1.165, 1.54) is 16.7 Å². The molecule has 26 heavy (non-hydrogen) atoms. The molecule has 0 spiro atoms. The predicted molar refractivity (Wildman–Crippen MR) is 103 cm³/mol. The molecule has 2 aliphatic heterocycles. The molecule has 1 fully saturated rings. The number of aryl methyl sites for hydroxylation is 1. The lowest BCUT2D eigenvalue weighted by Gasteiger charge is -2.40. The smallest absolute Gasteiger partial charge is 0.224 e. The van der Waals surface area contributed by atoms with Crippen LogP contribution in [0.3, 0.4) is 0 Å². The van der Waals surface area contributed by atoms with Gasteiger partial charge in [-0.05, 0) is 47.9 Å². The number of amides is 1. The van der Waals surface area contributed by atoms with Gasteiger partial charge in [0.1, 0.15) is 0 Å². The molecular weight excluding hydrogens is 324 g/mol. The largest absolute Gasteiger partial charge is 0.391 e. The molecule has 0 aromatic heterocycles. The maximum atomic E-state index is 11.4. The van der Waals surface area contributed by atoms with Crippen molar-refractivity contribution in [1.29, 1.82) is 0 Å². The van der Waals surface area contributed by atoms with E-state index in [9.17, 15) is 9.90 Å². The van der Waals surface area contributed by atoms with Crippen LogP contribution in [0, 0.1) is 5.92 Å². The molecule has 1 saturated heterocycles. The Morgan fingerprint density at radius 2 is 1.88 bits per heavy atom. The van der Waals surface area contributed by atoms with Crippen molar-refractivity contribution in [2.24, 2.45) is 5.92 Å². The van der Waals surface area contributed by atoms with Crippen molar-refractivity contribution in [2.45, 2.75) is 31.8 Å². The highest BCUT2D eigenvalue weighted by atomic mass is 16.3. The van der Waals surface area contributed by atoms with E-state index < -0.39 is 0 Å². The Morgan fingerprint density at radius 3 is 2.69 bits per heavy atom. The van der Waals surface area contributed by atoms with Crippen LogP contribution in [0.15, 0.2) is 48.5 Å². The molecule has 2 N–H and O–H groups in total. The van der Waals surface area contributed by atoms with Gasteiger partial charge in [-0.2, -0.15) is 0 Å². The molecule has 2 aromatic rings. The van der Waals surface area contributed by atoms with Gasteiger partial charge in [0, 0.05) is 31.7 Å². The summed E-state index contributed by atoms with van der Waals surface area (Å²) in [4.78, 5) is 13.8. The van der Waals surface area contributed by atoms with Gasteiger partial charge in [-0.3, -0.25) is 4.79 Å². The van der Waals surface area contributed by atoms with Gasteiger partial charge in [0.05, 0.1) is 6.10 Å². The molecule has 2 heterocycles. The van der Waals surface area contributed by atoms with E-state index in [2.05, 4.69) is 34.5 Å². The highest BCUT2D eigenvalue weighted by Crippen LogP contribution is 2.27. The SMILES string of the molecule is O=C1CCc2cc(CC3CN(CC(O)Cc4ccccc4)C3)ccc2N1. The third kappa shape index (κ3) is 4.14. The van der Waals surface area contributed by atoms with Crippen molar-refractivity contribution in [3.05, 3.63) is 65.2 Å². The number of β-amino-alcohol motifs (C(OH)–C–C–N with tert-alkyl or cyclic N) is 1. The van der Waals surface area contributed by atoms with E-state index in [1.54, 1.807) is 0 Å². The number of carbonyl (C=O) groups is 1. The van der Waals surface area contributed by atoms with E-state index in [1.807, 2.05) is 24.3 Å². The Labute approximate surface area is 154 Å². The molecule has 4 rings (SSSR count). The minimum absolute atomic E-state index is 0.119. The molecule has 0 bridgehead atoms. The first-order chi connectivity index (χ1) is 12.7. The third-order valence-electron chi connectivity index (χ3n) is 5.41. The van der Waals surface area contributed by atoms with Crippen LogP contribution in [0.25, 0.3) is 0 Å². The Hall–Kier alpha value is -2.17. The summed E-state index contributed by atoms with van der Waals surface area (Å²) in [5.41, 5.74) is 4.79. The minimum atomic E-state index is -0.300. The lowest BCUT2D eigenvalue weighted by molar-refractivity contribution is -0.116. The van der Waals surface area contributed by atoms with E-state index >= 15 is 0 Å². The van der Waals surface area contributed by atoms with Crippen molar-refractivity contribution in [3.8, 4) is 0 Å². The Bertz CT molecular complexity index is 769. The number of hydrogen-bond donors (Lipinski definition) is 2. The van der Waals surface area contributed by atoms with Crippen LogP contribution in [0.2, 0.25) is 0 Å². The quantitative estimate of drug-likeness (QED) is 0.842. The molecule has 0 radical (unpaired) electrons. The first kappa shape index (κ1) is 17.3. The van der Waals surface area contributed by atoms with Crippen LogP contribution in [0.5, 0.6) is 0 Å². The van der Waals surface area contributed by atoms with Crippen LogP contribution < -0.4 is 5.32 Å². The van der Waals surface area contributed by atoms with Gasteiger partial charge in [0.2, 0.25) is 5.91 Å². The first-order valence-electron chi connectivity index (χ1n) is 9.52. The second kappa shape index (κ2) is 7.60. The Balaban J connectivity index is 1.23. The number of anilines is 1. The highest BCUT2D eigenvalue weighted by Gasteiger charge is 2.28. The van der Waals surface area contributed by atoms with E-state index in [0.717, 1.165) is 44.6 Å². The number of likely N-dealkylation sites (tertiary alicyclic amines) is 1. The fourth-order valence-corrected chi connectivity index (χ4v) is 4.10. The van der Waals surface area contributed by atoms with Crippen LogP contribution in [0.4, 0.5) is 5.69 Å². The van der Waals surface area contributed by atoms with E-state index in [4.69, 9.17) is 0 Å². The summed E-state index contributed by atoms with van der Waals surface area (Å²) in [5.74, 6) is 0.782. The molecule has 0 aliphatic carbocycles. The minimum Gasteiger partial charge on any atom is -0.391 e. The number of aliphatic hydroxyl groups excluding tert-OH is 1. The van der Waals surface area contributed by atoms with Crippen molar-refractivity contribution in [3.63, 3.8) is 0 Å². The summed E-state index contributed by atoms with van der Waals surface area (Å²) < 4.78 is 0. The number of rotatable bonds is 6. The third-order valence-corrected chi connectivity index (χ3v) is 5.41. The van der Waals surface area contributed by atoms with Gasteiger partial charge in [-0.1, -0.05) is 42.5 Å². The van der Waals surface area contributed by atoms with Crippen LogP contribution in [0.1, 0.15) is 23.1 Å². The Kier molecular flexibility index (Phi) is 5.05. The molecule has 1 amide bonds. The van der Waals surface area contributed by atoms with E-state index in [-0.39, 0.29) is 12.0 Å². The normalized spacial score (nSPS) is 18.7. The predicted octanol–water partition coefficient (Wildman–Crippen LogP) is 2.65. The van der Waals surface area contributed by atoms with Gasteiger partial charge in [0.15, 0.2) is 0 Å². The molecule has 2 aromatic carbocycles. The van der Waals surface area contributed by atoms with Gasteiger partial charge >= 0.3 is 0 Å². The molecule has 136 valence electrons. The number of benzene rings is 2. The molecule has 0 saturated carbocycles. The monoisotopic (exact) mass is 350 g/mol. The number of hydrogen-bond acceptors (Lipinski definition) is 3. The van der Waals surface area contributed by atoms with Crippen LogP contribution >= 0.6 is 0 Å². The zero-order valence-electron chi connectivity index (χ0n) is 15.0. The van der Waals surface area contributed by atoms with Crippen molar-refractivity contribution in [2.75, 3.05) is 25.0 Å². The van der Waals surface area contributed by atoms with E-state index in [0.29, 0.717) is 12.3 Å². The first-order valence-corrected chi connectivity index (χ1v) is 9.52. The molecule has 4 heteroatoms. The average molecular weight is 350 g/mol. The fourth-order valence-electron chi connectivity index (χ4n) is 4.10. The van der Waals surface area contributed by atoms with Crippen molar-refractivity contribution in [1.82, 2.24) is 4.90 Å². The maximum absolute atomic E-state index is 11.4. The molecule has 1 atom stereocenters. The number of aliphatic hydroxyl groups is 1. The van der Waals surface area contributed by atoms with Gasteiger partial charge in [-0.15, -0.1) is 0 Å². The second-order valence-corrected chi connectivity index (χ2v) is 7.67. The topological polar surface area (TPSA) is 52.6 Å². The van der Waals surface area contributed by atoms with Gasteiger partial charge in [-0.25, -0.2) is 0 Å². The number of fused-ring (bicyclic) bond motifs is 1. The van der Waals surface area contributed by atoms with Crippen molar-refractivity contribution >= 4 is 11.6 Å². The number of carbonyl (C=O) groups excluding carboxylic acids is 1. The summed E-state index contributed by atoms with van der Waals surface area (Å²) in [6, 6.07) is 16.6. The summed E-state index contributed by atoms with van der Waals surface area (Å²) in [6.45, 7) is 2.86.